The van der Waals surface area contributed by atoms with E-state index in [2.05, 4.69) is 15.3 Å². The zero-order valence-electron chi connectivity index (χ0n) is 13.6. The summed E-state index contributed by atoms with van der Waals surface area (Å²) in [5.74, 6) is -0.180. The number of hydrogen-bond donors (Lipinski definition) is 1. The Morgan fingerprint density at radius 3 is 2.88 bits per heavy atom. The van der Waals surface area contributed by atoms with Gasteiger partial charge in [-0.05, 0) is 42.2 Å². The second-order valence-corrected chi connectivity index (χ2v) is 7.12. The minimum absolute atomic E-state index is 0.111. The first-order valence-electron chi connectivity index (χ1n) is 8.30. The Kier molecular flexibility index (Phi) is 4.36. The molecule has 1 N–H and O–H groups in total. The monoisotopic (exact) mass is 351 g/mol. The maximum atomic E-state index is 12.2. The number of fused-ring (bicyclic) bond motifs is 2. The molecule has 0 radical (unpaired) electrons. The highest BCUT2D eigenvalue weighted by molar-refractivity contribution is 8.14. The van der Waals surface area contributed by atoms with Crippen molar-refractivity contribution in [1.29, 1.82) is 0 Å². The van der Waals surface area contributed by atoms with Crippen LogP contribution in [0.5, 0.6) is 0 Å². The predicted octanol–water partition coefficient (Wildman–Crippen LogP) is 3.65. The van der Waals surface area contributed by atoms with Gasteiger partial charge in [0.05, 0.1) is 11.7 Å². The molecule has 6 heteroatoms. The highest BCUT2D eigenvalue weighted by atomic mass is 32.2. The van der Waals surface area contributed by atoms with Crippen molar-refractivity contribution in [2.75, 3.05) is 11.1 Å². The maximum Gasteiger partial charge on any atom is 0.256 e. The smallest absolute Gasteiger partial charge is 0.256 e. The fraction of sp³-hybridized carbons (Fsp3) is 0.263. The van der Waals surface area contributed by atoms with E-state index in [1.54, 1.807) is 0 Å². The molecule has 2 aliphatic rings. The molecule has 2 aromatic carbocycles. The molecule has 1 aliphatic heterocycles. The second kappa shape index (κ2) is 6.80. The van der Waals surface area contributed by atoms with Gasteiger partial charge in [-0.25, -0.2) is 4.99 Å². The number of hydrogen-bond acceptors (Lipinski definition) is 4. The van der Waals surface area contributed by atoms with E-state index in [0.717, 1.165) is 41.4 Å². The lowest BCUT2D eigenvalue weighted by Gasteiger charge is -2.13. The van der Waals surface area contributed by atoms with Gasteiger partial charge in [0.15, 0.2) is 5.17 Å². The predicted molar refractivity (Wildman–Crippen MR) is 102 cm³/mol. The first kappa shape index (κ1) is 16.0. The normalized spacial score (nSPS) is 19.4. The largest absolute Gasteiger partial charge is 0.325 e. The standard InChI is InChI=1S/C19H17N3O2S/c23-17(20-14-9-8-12-4-1-2-5-13(12)10-14)11-25-19-21-16-7-3-6-15(16)18(24)22-19/h1-2,4-5,8-10,15H,3,6-7,11H2,(H,20,23). The van der Waals surface area contributed by atoms with Crippen LogP contribution in [0.25, 0.3) is 10.8 Å². The summed E-state index contributed by atoms with van der Waals surface area (Å²) in [7, 11) is 0. The van der Waals surface area contributed by atoms with Crippen LogP contribution in [0.15, 0.2) is 52.4 Å². The highest BCUT2D eigenvalue weighted by Crippen LogP contribution is 2.28. The molecule has 1 unspecified atom stereocenters. The number of anilines is 1. The lowest BCUT2D eigenvalue weighted by molar-refractivity contribution is -0.119. The summed E-state index contributed by atoms with van der Waals surface area (Å²) in [4.78, 5) is 32.6. The summed E-state index contributed by atoms with van der Waals surface area (Å²) < 4.78 is 0. The van der Waals surface area contributed by atoms with Gasteiger partial charge in [0.1, 0.15) is 0 Å². The highest BCUT2D eigenvalue weighted by Gasteiger charge is 2.32. The zero-order chi connectivity index (χ0) is 17.2. The van der Waals surface area contributed by atoms with E-state index in [4.69, 9.17) is 0 Å². The third-order valence-corrected chi connectivity index (χ3v) is 5.28. The van der Waals surface area contributed by atoms with E-state index in [9.17, 15) is 9.59 Å². The van der Waals surface area contributed by atoms with Crippen LogP contribution in [0.4, 0.5) is 5.69 Å². The number of amides is 2. The van der Waals surface area contributed by atoms with E-state index in [0.29, 0.717) is 5.17 Å². The molecule has 1 atom stereocenters. The SMILES string of the molecule is O=C(CSC1=NC(=O)C2CCCC2=N1)Nc1ccc2ccccc2c1. The number of amidine groups is 1. The molecule has 0 aromatic heterocycles. The summed E-state index contributed by atoms with van der Waals surface area (Å²) in [6.07, 6.45) is 2.70. The Morgan fingerprint density at radius 2 is 2.00 bits per heavy atom. The van der Waals surface area contributed by atoms with Crippen molar-refractivity contribution in [2.45, 2.75) is 19.3 Å². The summed E-state index contributed by atoms with van der Waals surface area (Å²) in [6.45, 7) is 0. The van der Waals surface area contributed by atoms with Gasteiger partial charge < -0.3 is 5.32 Å². The summed E-state index contributed by atoms with van der Waals surface area (Å²) >= 11 is 1.21. The van der Waals surface area contributed by atoms with Gasteiger partial charge in [0, 0.05) is 11.4 Å². The van der Waals surface area contributed by atoms with Crippen LogP contribution in [0, 0.1) is 5.92 Å². The number of carbonyl (C=O) groups is 2. The lowest BCUT2D eigenvalue weighted by atomic mass is 10.1. The first-order chi connectivity index (χ1) is 12.2. The average molecular weight is 351 g/mol. The third kappa shape index (κ3) is 3.49. The molecule has 0 spiro atoms. The van der Waals surface area contributed by atoms with Crippen molar-refractivity contribution in [1.82, 2.24) is 0 Å². The van der Waals surface area contributed by atoms with Gasteiger partial charge in [-0.3, -0.25) is 9.59 Å². The van der Waals surface area contributed by atoms with Crippen LogP contribution >= 0.6 is 11.8 Å². The van der Waals surface area contributed by atoms with E-state index < -0.39 is 0 Å². The minimum atomic E-state index is -0.135. The number of carbonyl (C=O) groups excluding carboxylic acids is 2. The van der Waals surface area contributed by atoms with E-state index in [-0.39, 0.29) is 23.5 Å². The number of nitrogens with zero attached hydrogens (tertiary/aromatic N) is 2. The van der Waals surface area contributed by atoms with Crippen molar-refractivity contribution in [3.63, 3.8) is 0 Å². The fourth-order valence-corrected chi connectivity index (χ4v) is 3.88. The first-order valence-corrected chi connectivity index (χ1v) is 9.29. The molecular formula is C19H17N3O2S. The molecule has 0 bridgehead atoms. The Balaban J connectivity index is 1.38. The van der Waals surface area contributed by atoms with Crippen molar-refractivity contribution >= 4 is 50.9 Å². The third-order valence-electron chi connectivity index (χ3n) is 4.44. The number of rotatable bonds is 3. The van der Waals surface area contributed by atoms with E-state index in [1.807, 2.05) is 42.5 Å². The maximum absolute atomic E-state index is 12.2. The van der Waals surface area contributed by atoms with Crippen molar-refractivity contribution in [3.05, 3.63) is 42.5 Å². The fourth-order valence-electron chi connectivity index (χ4n) is 3.21. The van der Waals surface area contributed by atoms with Gasteiger partial charge >= 0.3 is 0 Å². The minimum Gasteiger partial charge on any atom is -0.325 e. The Bertz CT molecular complexity index is 920. The average Bonchev–Trinajstić information content (AvgIpc) is 3.09. The van der Waals surface area contributed by atoms with Gasteiger partial charge in [0.2, 0.25) is 5.91 Å². The molecule has 126 valence electrons. The Morgan fingerprint density at radius 1 is 1.16 bits per heavy atom. The molecule has 4 rings (SSSR count). The van der Waals surface area contributed by atoms with Gasteiger partial charge in [-0.2, -0.15) is 4.99 Å². The molecule has 2 aromatic rings. The van der Waals surface area contributed by atoms with E-state index >= 15 is 0 Å². The van der Waals surface area contributed by atoms with Crippen LogP contribution < -0.4 is 5.32 Å². The van der Waals surface area contributed by atoms with Gasteiger partial charge in [-0.1, -0.05) is 42.1 Å². The number of aliphatic imine (C=N–C) groups is 2. The summed E-state index contributed by atoms with van der Waals surface area (Å²) in [5.41, 5.74) is 1.69. The van der Waals surface area contributed by atoms with Crippen LogP contribution in [0.2, 0.25) is 0 Å². The summed E-state index contributed by atoms with van der Waals surface area (Å²) in [6, 6.07) is 13.8. The van der Waals surface area contributed by atoms with Crippen LogP contribution in [0.1, 0.15) is 19.3 Å². The molecule has 2 amide bonds. The van der Waals surface area contributed by atoms with Gasteiger partial charge in [-0.15, -0.1) is 0 Å². The van der Waals surface area contributed by atoms with Crippen LogP contribution in [-0.4, -0.2) is 28.4 Å². The molecule has 1 heterocycles. The molecule has 1 aliphatic carbocycles. The molecule has 1 fully saturated rings. The lowest BCUT2D eigenvalue weighted by Crippen LogP contribution is -2.24. The quantitative estimate of drug-likeness (QED) is 0.917. The van der Waals surface area contributed by atoms with Crippen molar-refractivity contribution < 1.29 is 9.59 Å². The van der Waals surface area contributed by atoms with Crippen LogP contribution in [-0.2, 0) is 9.59 Å². The molecule has 0 saturated heterocycles. The molecule has 25 heavy (non-hydrogen) atoms. The number of benzene rings is 2. The van der Waals surface area contributed by atoms with Gasteiger partial charge in [0.25, 0.3) is 5.91 Å². The number of thioether (sulfide) groups is 1. The number of nitrogens with one attached hydrogen (secondary N) is 1. The topological polar surface area (TPSA) is 70.9 Å². The van der Waals surface area contributed by atoms with Crippen molar-refractivity contribution in [3.8, 4) is 0 Å². The van der Waals surface area contributed by atoms with E-state index in [1.165, 1.54) is 11.8 Å². The summed E-state index contributed by atoms with van der Waals surface area (Å²) in [5, 5.41) is 5.50. The Hall–Kier alpha value is -2.47. The van der Waals surface area contributed by atoms with Crippen LogP contribution in [0.3, 0.4) is 0 Å². The van der Waals surface area contributed by atoms with Crippen molar-refractivity contribution in [2.24, 2.45) is 15.9 Å². The Labute approximate surface area is 149 Å². The molecular weight excluding hydrogens is 334 g/mol. The molecule has 5 nitrogen and oxygen atoms in total. The molecule has 1 saturated carbocycles. The zero-order valence-corrected chi connectivity index (χ0v) is 14.4. The second-order valence-electron chi connectivity index (χ2n) is 6.18.